The molecule has 3 N–H and O–H groups in total. The number of rotatable bonds is 7. The highest BCUT2D eigenvalue weighted by Crippen LogP contribution is 2.13. The molecule has 1 atom stereocenters. The molecular weight excluding hydrogens is 314 g/mol. The minimum absolute atomic E-state index is 0.166. The molecule has 23 heavy (non-hydrogen) atoms. The van der Waals surface area contributed by atoms with Crippen LogP contribution >= 0.6 is 0 Å². The Morgan fingerprint density at radius 2 is 2.00 bits per heavy atom. The lowest BCUT2D eigenvalue weighted by molar-refractivity contribution is 0.0951. The van der Waals surface area contributed by atoms with Crippen LogP contribution in [0.25, 0.3) is 0 Å². The Hall–Kier alpha value is -1.44. The van der Waals surface area contributed by atoms with Gasteiger partial charge in [0.1, 0.15) is 0 Å². The number of carbonyl (C=O) groups excluding carboxylic acids is 1. The van der Waals surface area contributed by atoms with Crippen LogP contribution in [-0.2, 0) is 10.0 Å². The van der Waals surface area contributed by atoms with E-state index in [2.05, 4.69) is 15.4 Å². The van der Waals surface area contributed by atoms with Crippen molar-refractivity contribution in [3.05, 3.63) is 29.8 Å². The van der Waals surface area contributed by atoms with Crippen molar-refractivity contribution < 1.29 is 13.2 Å². The van der Waals surface area contributed by atoms with Crippen molar-refractivity contribution in [3.8, 4) is 0 Å². The summed E-state index contributed by atoms with van der Waals surface area (Å²) in [5, 5.41) is 6.18. The minimum Gasteiger partial charge on any atom is -0.352 e. The highest BCUT2D eigenvalue weighted by Gasteiger charge is 2.17. The lowest BCUT2D eigenvalue weighted by atomic mass is 10.1. The molecule has 1 heterocycles. The Kier molecular flexibility index (Phi) is 6.15. The zero-order chi connectivity index (χ0) is 16.9. The van der Waals surface area contributed by atoms with Crippen molar-refractivity contribution in [2.75, 3.05) is 19.6 Å². The van der Waals surface area contributed by atoms with Gasteiger partial charge in [0, 0.05) is 18.2 Å². The van der Waals surface area contributed by atoms with E-state index >= 15 is 0 Å². The topological polar surface area (TPSA) is 87.3 Å². The second kappa shape index (κ2) is 7.90. The molecule has 0 radical (unpaired) electrons. The molecule has 6 nitrogen and oxygen atoms in total. The van der Waals surface area contributed by atoms with Gasteiger partial charge in [-0.2, -0.15) is 0 Å². The van der Waals surface area contributed by atoms with Crippen molar-refractivity contribution in [2.45, 2.75) is 37.6 Å². The second-order valence-electron chi connectivity index (χ2n) is 6.20. The number of sulfonamides is 1. The van der Waals surface area contributed by atoms with Crippen molar-refractivity contribution in [1.29, 1.82) is 0 Å². The fourth-order valence-corrected chi connectivity index (χ4v) is 3.87. The highest BCUT2D eigenvalue weighted by atomic mass is 32.2. The van der Waals surface area contributed by atoms with Crippen LogP contribution in [0.15, 0.2) is 29.2 Å². The fraction of sp³-hybridized carbons (Fsp3) is 0.562. The molecule has 1 aromatic carbocycles. The van der Waals surface area contributed by atoms with E-state index in [0.717, 1.165) is 25.9 Å². The van der Waals surface area contributed by atoms with Crippen molar-refractivity contribution in [3.63, 3.8) is 0 Å². The number of nitrogens with one attached hydrogen (secondary N) is 3. The van der Waals surface area contributed by atoms with E-state index in [4.69, 9.17) is 0 Å². The molecule has 0 aromatic heterocycles. The SMILES string of the molecule is CC(C)NS(=O)(=O)c1ccc(C(=O)NCCC2CCNC2)cc1. The third-order valence-electron chi connectivity index (χ3n) is 3.82. The average Bonchev–Trinajstić information content (AvgIpc) is 2.99. The number of carbonyl (C=O) groups is 1. The van der Waals surface area contributed by atoms with Crippen LogP contribution in [0.3, 0.4) is 0 Å². The van der Waals surface area contributed by atoms with Gasteiger partial charge >= 0.3 is 0 Å². The largest absolute Gasteiger partial charge is 0.352 e. The molecule has 0 bridgehead atoms. The molecule has 1 aliphatic heterocycles. The van der Waals surface area contributed by atoms with E-state index in [-0.39, 0.29) is 16.8 Å². The maximum Gasteiger partial charge on any atom is 0.251 e. The summed E-state index contributed by atoms with van der Waals surface area (Å²) in [5.74, 6) is 0.460. The van der Waals surface area contributed by atoms with Crippen LogP contribution in [0.2, 0.25) is 0 Å². The molecule has 2 rings (SSSR count). The standard InChI is InChI=1S/C16H25N3O3S/c1-12(2)19-23(21,22)15-5-3-14(4-6-15)16(20)18-10-8-13-7-9-17-11-13/h3-6,12-13,17,19H,7-11H2,1-2H3,(H,18,20). The first-order chi connectivity index (χ1) is 10.9. The quantitative estimate of drug-likeness (QED) is 0.694. The van der Waals surface area contributed by atoms with E-state index in [1.54, 1.807) is 26.0 Å². The van der Waals surface area contributed by atoms with E-state index in [0.29, 0.717) is 18.0 Å². The zero-order valence-electron chi connectivity index (χ0n) is 13.6. The number of hydrogen-bond acceptors (Lipinski definition) is 4. The summed E-state index contributed by atoms with van der Waals surface area (Å²) in [6, 6.07) is 5.83. The van der Waals surface area contributed by atoms with E-state index in [9.17, 15) is 13.2 Å². The molecule has 0 spiro atoms. The molecule has 1 fully saturated rings. The molecule has 1 unspecified atom stereocenters. The monoisotopic (exact) mass is 339 g/mol. The van der Waals surface area contributed by atoms with Crippen molar-refractivity contribution in [1.82, 2.24) is 15.4 Å². The van der Waals surface area contributed by atoms with Gasteiger partial charge in [-0.15, -0.1) is 0 Å². The van der Waals surface area contributed by atoms with Gasteiger partial charge in [0.25, 0.3) is 5.91 Å². The zero-order valence-corrected chi connectivity index (χ0v) is 14.4. The maximum absolute atomic E-state index is 12.1. The van der Waals surface area contributed by atoms with Crippen LogP contribution in [0, 0.1) is 5.92 Å². The Morgan fingerprint density at radius 1 is 1.30 bits per heavy atom. The lowest BCUT2D eigenvalue weighted by Crippen LogP contribution is -2.30. The molecule has 1 aromatic rings. The van der Waals surface area contributed by atoms with Gasteiger partial charge in [-0.25, -0.2) is 13.1 Å². The maximum atomic E-state index is 12.1. The first kappa shape index (κ1) is 17.9. The molecule has 1 saturated heterocycles. The molecule has 0 aliphatic carbocycles. The number of hydrogen-bond donors (Lipinski definition) is 3. The minimum atomic E-state index is -3.52. The Morgan fingerprint density at radius 3 is 2.57 bits per heavy atom. The molecule has 7 heteroatoms. The summed E-state index contributed by atoms with van der Waals surface area (Å²) in [6.45, 7) is 6.24. The van der Waals surface area contributed by atoms with Crippen LogP contribution < -0.4 is 15.4 Å². The summed E-state index contributed by atoms with van der Waals surface area (Å²) < 4.78 is 26.6. The lowest BCUT2D eigenvalue weighted by Gasteiger charge is -2.11. The summed E-state index contributed by atoms with van der Waals surface area (Å²) in [5.41, 5.74) is 0.470. The van der Waals surface area contributed by atoms with Gasteiger partial charge in [-0.3, -0.25) is 4.79 Å². The Balaban J connectivity index is 1.89. The summed E-state index contributed by atoms with van der Waals surface area (Å²) in [4.78, 5) is 12.2. The molecule has 1 aliphatic rings. The second-order valence-corrected chi connectivity index (χ2v) is 7.92. The summed E-state index contributed by atoms with van der Waals surface area (Å²) in [6.07, 6.45) is 2.12. The predicted octanol–water partition coefficient (Wildman–Crippen LogP) is 1.10. The van der Waals surface area contributed by atoms with E-state index < -0.39 is 10.0 Å². The number of benzene rings is 1. The molecular formula is C16H25N3O3S. The predicted molar refractivity (Wildman–Crippen MR) is 89.8 cm³/mol. The van der Waals surface area contributed by atoms with Crippen LogP contribution in [0.1, 0.15) is 37.0 Å². The van der Waals surface area contributed by atoms with E-state index in [1.807, 2.05) is 0 Å². The fourth-order valence-electron chi connectivity index (χ4n) is 2.62. The smallest absolute Gasteiger partial charge is 0.251 e. The van der Waals surface area contributed by atoms with Gasteiger partial charge in [-0.05, 0) is 70.0 Å². The molecule has 0 saturated carbocycles. The van der Waals surface area contributed by atoms with Gasteiger partial charge in [-0.1, -0.05) is 0 Å². The third-order valence-corrected chi connectivity index (χ3v) is 5.49. The van der Waals surface area contributed by atoms with Gasteiger partial charge in [0.2, 0.25) is 10.0 Å². The van der Waals surface area contributed by atoms with Crippen LogP contribution in [0.5, 0.6) is 0 Å². The van der Waals surface area contributed by atoms with Crippen molar-refractivity contribution >= 4 is 15.9 Å². The van der Waals surface area contributed by atoms with Crippen LogP contribution in [0.4, 0.5) is 0 Å². The van der Waals surface area contributed by atoms with Gasteiger partial charge in [0.05, 0.1) is 4.90 Å². The van der Waals surface area contributed by atoms with Gasteiger partial charge in [0.15, 0.2) is 0 Å². The summed E-state index contributed by atoms with van der Waals surface area (Å²) in [7, 11) is -3.52. The first-order valence-corrected chi connectivity index (χ1v) is 9.48. The normalized spacial score (nSPS) is 18.3. The van der Waals surface area contributed by atoms with Gasteiger partial charge < -0.3 is 10.6 Å². The highest BCUT2D eigenvalue weighted by molar-refractivity contribution is 7.89. The third kappa shape index (κ3) is 5.30. The number of amides is 1. The summed E-state index contributed by atoms with van der Waals surface area (Å²) >= 11 is 0. The average molecular weight is 339 g/mol. The Bertz CT molecular complexity index is 620. The van der Waals surface area contributed by atoms with E-state index in [1.165, 1.54) is 12.1 Å². The molecule has 128 valence electrons. The molecule has 1 amide bonds. The van der Waals surface area contributed by atoms with Crippen LogP contribution in [-0.4, -0.2) is 40.0 Å². The Labute approximate surface area is 138 Å². The first-order valence-electron chi connectivity index (χ1n) is 8.00. The van der Waals surface area contributed by atoms with Crippen molar-refractivity contribution in [2.24, 2.45) is 5.92 Å².